The van der Waals surface area contributed by atoms with Crippen LogP contribution in [0.5, 0.6) is 5.88 Å². The number of methoxy groups -OCH3 is 1. The zero-order valence-electron chi connectivity index (χ0n) is 10.6. The largest absolute Gasteiger partial charge is 0.480 e. The van der Waals surface area contributed by atoms with Crippen LogP contribution in [0.3, 0.4) is 0 Å². The van der Waals surface area contributed by atoms with Crippen molar-refractivity contribution < 1.29 is 13.2 Å². The van der Waals surface area contributed by atoms with Crippen LogP contribution < -0.4 is 9.04 Å². The van der Waals surface area contributed by atoms with E-state index in [1.54, 1.807) is 19.1 Å². The Kier molecular flexibility index (Phi) is 3.67. The highest BCUT2D eigenvalue weighted by atomic mass is 32.2. The van der Waals surface area contributed by atoms with Crippen LogP contribution in [0.25, 0.3) is 0 Å². The number of aryl methyl sites for hydroxylation is 1. The van der Waals surface area contributed by atoms with Gasteiger partial charge in [-0.05, 0) is 30.6 Å². The van der Waals surface area contributed by atoms with E-state index in [4.69, 9.17) is 4.74 Å². The third-order valence-corrected chi connectivity index (χ3v) is 5.36. The van der Waals surface area contributed by atoms with Crippen molar-refractivity contribution >= 4 is 27.4 Å². The Morgan fingerprint density at radius 3 is 2.58 bits per heavy atom. The summed E-state index contributed by atoms with van der Waals surface area (Å²) in [5, 5.41) is 7.68. The molecule has 0 aromatic carbocycles. The first-order valence-electron chi connectivity index (χ1n) is 5.25. The molecule has 19 heavy (non-hydrogen) atoms. The van der Waals surface area contributed by atoms with Gasteiger partial charge in [-0.1, -0.05) is 0 Å². The van der Waals surface area contributed by atoms with Gasteiger partial charge in [0.2, 0.25) is 5.88 Å². The number of ether oxygens (including phenoxy) is 1. The Morgan fingerprint density at radius 1 is 1.32 bits per heavy atom. The van der Waals surface area contributed by atoms with E-state index >= 15 is 0 Å². The van der Waals surface area contributed by atoms with Crippen LogP contribution in [0.2, 0.25) is 0 Å². The Morgan fingerprint density at radius 2 is 2.05 bits per heavy atom. The zero-order chi connectivity index (χ0) is 14.0. The lowest BCUT2D eigenvalue weighted by Gasteiger charge is -2.16. The summed E-state index contributed by atoms with van der Waals surface area (Å²) in [6.07, 6.45) is 0. The number of hydrogen-bond acceptors (Lipinski definition) is 7. The topological polar surface area (TPSA) is 85.3 Å². The van der Waals surface area contributed by atoms with Crippen LogP contribution in [-0.4, -0.2) is 37.1 Å². The van der Waals surface area contributed by atoms with Gasteiger partial charge >= 0.3 is 0 Å². The summed E-state index contributed by atoms with van der Waals surface area (Å²) in [7, 11) is -0.839. The third-order valence-electron chi connectivity index (χ3n) is 2.40. The first-order chi connectivity index (χ1) is 8.95. The molecule has 2 rings (SSSR count). The van der Waals surface area contributed by atoms with Crippen LogP contribution in [0, 0.1) is 6.92 Å². The summed E-state index contributed by atoms with van der Waals surface area (Å²) in [5.74, 6) is 0.518. The van der Waals surface area contributed by atoms with Gasteiger partial charge < -0.3 is 4.74 Å². The fourth-order valence-corrected chi connectivity index (χ4v) is 3.43. The second kappa shape index (κ2) is 5.10. The second-order valence-electron chi connectivity index (χ2n) is 3.69. The fourth-order valence-electron chi connectivity index (χ4n) is 1.28. The highest BCUT2D eigenvalue weighted by Crippen LogP contribution is 2.26. The van der Waals surface area contributed by atoms with Crippen molar-refractivity contribution in [2.45, 2.75) is 11.1 Å². The van der Waals surface area contributed by atoms with Crippen molar-refractivity contribution in [1.29, 1.82) is 0 Å². The maximum absolute atomic E-state index is 12.3. The minimum atomic E-state index is -3.69. The first-order valence-corrected chi connectivity index (χ1v) is 7.46. The summed E-state index contributed by atoms with van der Waals surface area (Å²) >= 11 is 0.854. The van der Waals surface area contributed by atoms with E-state index in [0.717, 1.165) is 15.8 Å². The van der Waals surface area contributed by atoms with Crippen LogP contribution in [0.15, 0.2) is 22.4 Å². The van der Waals surface area contributed by atoms with Gasteiger partial charge in [0.1, 0.15) is 0 Å². The number of hydrogen-bond donors (Lipinski definition) is 0. The molecule has 0 fully saturated rings. The summed E-state index contributed by atoms with van der Waals surface area (Å²) in [4.78, 5) is 0. The van der Waals surface area contributed by atoms with E-state index in [1.165, 1.54) is 20.2 Å². The molecule has 9 heteroatoms. The van der Waals surface area contributed by atoms with Crippen LogP contribution >= 0.6 is 11.5 Å². The maximum Gasteiger partial charge on any atom is 0.276 e. The van der Waals surface area contributed by atoms with Gasteiger partial charge in [0.05, 0.1) is 12.8 Å². The van der Waals surface area contributed by atoms with E-state index in [1.807, 2.05) is 0 Å². The van der Waals surface area contributed by atoms with Gasteiger partial charge in [-0.15, -0.1) is 5.10 Å². The zero-order valence-corrected chi connectivity index (χ0v) is 12.2. The highest BCUT2D eigenvalue weighted by molar-refractivity contribution is 7.94. The van der Waals surface area contributed by atoms with Crippen LogP contribution in [-0.2, 0) is 10.0 Å². The molecule has 0 amide bonds. The number of rotatable bonds is 4. The SMILES string of the molecule is COc1cc(S(=O)(=O)N(C)c2ccc(C)nn2)sn1. The quantitative estimate of drug-likeness (QED) is 0.840. The monoisotopic (exact) mass is 300 g/mol. The molecule has 0 aliphatic carbocycles. The van der Waals surface area contributed by atoms with E-state index in [2.05, 4.69) is 14.6 Å². The average molecular weight is 300 g/mol. The van der Waals surface area contributed by atoms with E-state index in [-0.39, 0.29) is 15.9 Å². The molecular weight excluding hydrogens is 288 g/mol. The molecule has 0 saturated carbocycles. The van der Waals surface area contributed by atoms with Crippen molar-refractivity contribution in [3.63, 3.8) is 0 Å². The molecule has 0 saturated heterocycles. The summed E-state index contributed by atoms with van der Waals surface area (Å²) in [5.41, 5.74) is 0.717. The molecule has 0 aliphatic rings. The molecule has 0 bridgehead atoms. The van der Waals surface area contributed by atoms with Crippen LogP contribution in [0.4, 0.5) is 5.82 Å². The number of nitrogens with zero attached hydrogens (tertiary/aromatic N) is 4. The fraction of sp³-hybridized carbons (Fsp3) is 0.300. The van der Waals surface area contributed by atoms with Crippen LogP contribution in [0.1, 0.15) is 5.69 Å². The van der Waals surface area contributed by atoms with Gasteiger partial charge in [-0.25, -0.2) is 8.42 Å². The number of aromatic nitrogens is 3. The minimum absolute atomic E-state index is 0.0919. The molecular formula is C10H12N4O3S2. The number of anilines is 1. The van der Waals surface area contributed by atoms with Crippen molar-refractivity contribution in [2.24, 2.45) is 0 Å². The highest BCUT2D eigenvalue weighted by Gasteiger charge is 2.25. The molecule has 0 unspecified atom stereocenters. The van der Waals surface area contributed by atoms with E-state index < -0.39 is 10.0 Å². The van der Waals surface area contributed by atoms with E-state index in [0.29, 0.717) is 5.69 Å². The summed E-state index contributed by atoms with van der Waals surface area (Å²) in [6.45, 7) is 1.78. The van der Waals surface area contributed by atoms with Crippen molar-refractivity contribution in [3.8, 4) is 5.88 Å². The average Bonchev–Trinajstić information content (AvgIpc) is 2.88. The Hall–Kier alpha value is -1.74. The predicted octanol–water partition coefficient (Wildman–Crippen LogP) is 1.08. The Bertz CT molecular complexity index is 666. The van der Waals surface area contributed by atoms with E-state index in [9.17, 15) is 8.42 Å². The molecule has 7 nitrogen and oxygen atoms in total. The lowest BCUT2D eigenvalue weighted by atomic mass is 10.4. The molecule has 0 atom stereocenters. The lowest BCUT2D eigenvalue weighted by Crippen LogP contribution is -2.26. The predicted molar refractivity (Wildman–Crippen MR) is 71.0 cm³/mol. The van der Waals surface area contributed by atoms with Gasteiger partial charge in [0, 0.05) is 13.1 Å². The van der Waals surface area contributed by atoms with Crippen molar-refractivity contribution in [2.75, 3.05) is 18.5 Å². The summed E-state index contributed by atoms with van der Waals surface area (Å²) < 4.78 is 34.5. The molecule has 2 aromatic heterocycles. The Balaban J connectivity index is 2.36. The third kappa shape index (κ3) is 2.66. The standard InChI is InChI=1S/C10H12N4O3S2/c1-7-4-5-8(12-11-7)14(2)19(15,16)10-6-9(17-3)13-18-10/h4-6H,1-3H3. The van der Waals surface area contributed by atoms with Crippen molar-refractivity contribution in [3.05, 3.63) is 23.9 Å². The molecule has 102 valence electrons. The van der Waals surface area contributed by atoms with Gasteiger partial charge in [-0.3, -0.25) is 4.31 Å². The second-order valence-corrected chi connectivity index (χ2v) is 6.69. The molecule has 2 heterocycles. The maximum atomic E-state index is 12.3. The molecule has 2 aromatic rings. The Labute approximate surface area is 115 Å². The van der Waals surface area contributed by atoms with Gasteiger partial charge in [0.25, 0.3) is 10.0 Å². The minimum Gasteiger partial charge on any atom is -0.480 e. The first kappa shape index (κ1) is 13.7. The molecule has 0 radical (unpaired) electrons. The smallest absolute Gasteiger partial charge is 0.276 e. The van der Waals surface area contributed by atoms with Gasteiger partial charge in [-0.2, -0.15) is 9.47 Å². The molecule has 0 spiro atoms. The summed E-state index contributed by atoms with van der Waals surface area (Å²) in [6, 6.07) is 4.66. The normalized spacial score (nSPS) is 11.3. The lowest BCUT2D eigenvalue weighted by molar-refractivity contribution is 0.402. The van der Waals surface area contributed by atoms with Crippen molar-refractivity contribution in [1.82, 2.24) is 14.6 Å². The molecule has 0 aliphatic heterocycles. The van der Waals surface area contributed by atoms with Gasteiger partial charge in [0.15, 0.2) is 10.0 Å². The molecule has 0 N–H and O–H groups in total. The number of sulfonamides is 1.